The molecule has 0 fully saturated rings. The standard InChI is InChI=1S/C16H22ClN3/c1-5-18-15(10-13-6-8-14(17)9-7-13)16-11(2)19-20(4)12(16)3/h6-9,15,18H,5,10H2,1-4H3. The summed E-state index contributed by atoms with van der Waals surface area (Å²) in [5.41, 5.74) is 4.92. The normalized spacial score (nSPS) is 12.7. The second kappa shape index (κ2) is 6.42. The molecule has 4 heteroatoms. The van der Waals surface area contributed by atoms with Crippen molar-refractivity contribution in [2.75, 3.05) is 6.54 Å². The predicted molar refractivity (Wildman–Crippen MR) is 84.3 cm³/mol. The molecule has 1 unspecified atom stereocenters. The second-order valence-electron chi connectivity index (χ2n) is 5.15. The maximum Gasteiger partial charge on any atom is 0.0644 e. The molecule has 1 N–H and O–H groups in total. The Morgan fingerprint density at radius 2 is 1.90 bits per heavy atom. The lowest BCUT2D eigenvalue weighted by Gasteiger charge is -2.19. The van der Waals surface area contributed by atoms with E-state index in [1.54, 1.807) is 0 Å². The molecule has 1 aromatic carbocycles. The zero-order valence-corrected chi connectivity index (χ0v) is 13.3. The topological polar surface area (TPSA) is 29.9 Å². The van der Waals surface area contributed by atoms with E-state index in [1.165, 1.54) is 16.8 Å². The number of hydrogen-bond donors (Lipinski definition) is 1. The maximum atomic E-state index is 5.95. The first-order valence-electron chi connectivity index (χ1n) is 7.00. The third kappa shape index (κ3) is 3.22. The van der Waals surface area contributed by atoms with Crippen molar-refractivity contribution in [2.45, 2.75) is 33.2 Å². The van der Waals surface area contributed by atoms with E-state index < -0.39 is 0 Å². The monoisotopic (exact) mass is 291 g/mol. The van der Waals surface area contributed by atoms with Crippen molar-refractivity contribution in [3.8, 4) is 0 Å². The van der Waals surface area contributed by atoms with Crippen molar-refractivity contribution >= 4 is 11.6 Å². The number of aromatic nitrogens is 2. The Morgan fingerprint density at radius 3 is 2.40 bits per heavy atom. The van der Waals surface area contributed by atoms with Crippen LogP contribution in [0.15, 0.2) is 24.3 Å². The summed E-state index contributed by atoms with van der Waals surface area (Å²) in [6, 6.07) is 8.36. The number of nitrogens with one attached hydrogen (secondary N) is 1. The van der Waals surface area contributed by atoms with Gasteiger partial charge in [0.05, 0.1) is 5.69 Å². The smallest absolute Gasteiger partial charge is 0.0644 e. The van der Waals surface area contributed by atoms with Crippen LogP contribution < -0.4 is 5.32 Å². The molecule has 0 saturated heterocycles. The molecule has 2 rings (SSSR count). The van der Waals surface area contributed by atoms with Crippen molar-refractivity contribution < 1.29 is 0 Å². The van der Waals surface area contributed by atoms with Crippen molar-refractivity contribution in [1.82, 2.24) is 15.1 Å². The van der Waals surface area contributed by atoms with Gasteiger partial charge in [0, 0.05) is 29.4 Å². The van der Waals surface area contributed by atoms with Gasteiger partial charge in [-0.2, -0.15) is 5.10 Å². The highest BCUT2D eigenvalue weighted by atomic mass is 35.5. The largest absolute Gasteiger partial charge is 0.310 e. The van der Waals surface area contributed by atoms with Gasteiger partial charge in [-0.1, -0.05) is 30.7 Å². The summed E-state index contributed by atoms with van der Waals surface area (Å²) in [6.07, 6.45) is 0.943. The van der Waals surface area contributed by atoms with E-state index in [-0.39, 0.29) is 6.04 Å². The average Bonchev–Trinajstić information content (AvgIpc) is 2.66. The quantitative estimate of drug-likeness (QED) is 0.912. The summed E-state index contributed by atoms with van der Waals surface area (Å²) < 4.78 is 1.96. The summed E-state index contributed by atoms with van der Waals surface area (Å²) in [4.78, 5) is 0. The van der Waals surface area contributed by atoms with Gasteiger partial charge in [0.2, 0.25) is 0 Å². The van der Waals surface area contributed by atoms with Crippen LogP contribution in [0.4, 0.5) is 0 Å². The second-order valence-corrected chi connectivity index (χ2v) is 5.59. The van der Waals surface area contributed by atoms with Crippen LogP contribution in [0.1, 0.15) is 35.5 Å². The maximum absolute atomic E-state index is 5.95. The highest BCUT2D eigenvalue weighted by molar-refractivity contribution is 6.30. The van der Waals surface area contributed by atoms with Crippen LogP contribution in [-0.2, 0) is 13.5 Å². The van der Waals surface area contributed by atoms with Gasteiger partial charge in [0.1, 0.15) is 0 Å². The molecule has 1 heterocycles. The lowest BCUT2D eigenvalue weighted by Crippen LogP contribution is -2.24. The Hall–Kier alpha value is -1.32. The summed E-state index contributed by atoms with van der Waals surface area (Å²) in [5, 5.41) is 8.88. The molecule has 0 spiro atoms. The third-order valence-electron chi connectivity index (χ3n) is 3.72. The van der Waals surface area contributed by atoms with Crippen molar-refractivity contribution in [2.24, 2.45) is 7.05 Å². The molecule has 0 aliphatic carbocycles. The van der Waals surface area contributed by atoms with Crippen LogP contribution >= 0.6 is 11.6 Å². The van der Waals surface area contributed by atoms with E-state index in [9.17, 15) is 0 Å². The van der Waals surface area contributed by atoms with Crippen LogP contribution in [0.5, 0.6) is 0 Å². The molecule has 108 valence electrons. The molecule has 1 aromatic heterocycles. The van der Waals surface area contributed by atoms with Crippen molar-refractivity contribution in [3.63, 3.8) is 0 Å². The van der Waals surface area contributed by atoms with Gasteiger partial charge in [0.25, 0.3) is 0 Å². The number of likely N-dealkylation sites (N-methyl/N-ethyl adjacent to an activating group) is 1. The number of nitrogens with zero attached hydrogens (tertiary/aromatic N) is 2. The van der Waals surface area contributed by atoms with Crippen LogP contribution in [0.25, 0.3) is 0 Å². The Bertz CT molecular complexity index is 572. The Balaban J connectivity index is 2.29. The molecule has 0 bridgehead atoms. The van der Waals surface area contributed by atoms with Crippen LogP contribution in [0.3, 0.4) is 0 Å². The van der Waals surface area contributed by atoms with E-state index in [1.807, 2.05) is 23.9 Å². The number of hydrogen-bond acceptors (Lipinski definition) is 2. The minimum absolute atomic E-state index is 0.287. The highest BCUT2D eigenvalue weighted by Gasteiger charge is 2.19. The van der Waals surface area contributed by atoms with Gasteiger partial charge < -0.3 is 5.32 Å². The van der Waals surface area contributed by atoms with E-state index in [2.05, 4.69) is 43.3 Å². The fourth-order valence-corrected chi connectivity index (χ4v) is 2.80. The van der Waals surface area contributed by atoms with E-state index in [0.717, 1.165) is 23.7 Å². The van der Waals surface area contributed by atoms with Gasteiger partial charge in [-0.05, 0) is 44.5 Å². The average molecular weight is 292 g/mol. The number of benzene rings is 1. The van der Waals surface area contributed by atoms with E-state index >= 15 is 0 Å². The first-order chi connectivity index (χ1) is 9.52. The molecule has 0 amide bonds. The minimum atomic E-state index is 0.287. The number of halogens is 1. The van der Waals surface area contributed by atoms with E-state index in [4.69, 9.17) is 11.6 Å². The Kier molecular flexibility index (Phi) is 4.84. The number of aryl methyl sites for hydroxylation is 2. The van der Waals surface area contributed by atoms with Crippen molar-refractivity contribution in [1.29, 1.82) is 0 Å². The SMILES string of the molecule is CCNC(Cc1ccc(Cl)cc1)c1c(C)nn(C)c1C. The fraction of sp³-hybridized carbons (Fsp3) is 0.438. The summed E-state index contributed by atoms with van der Waals surface area (Å²) in [7, 11) is 2.00. The zero-order valence-electron chi connectivity index (χ0n) is 12.6. The fourth-order valence-electron chi connectivity index (χ4n) is 2.67. The first-order valence-corrected chi connectivity index (χ1v) is 7.38. The van der Waals surface area contributed by atoms with Crippen LogP contribution in [0, 0.1) is 13.8 Å². The van der Waals surface area contributed by atoms with Gasteiger partial charge >= 0.3 is 0 Å². The molecule has 1 atom stereocenters. The Labute approximate surface area is 126 Å². The molecule has 3 nitrogen and oxygen atoms in total. The van der Waals surface area contributed by atoms with E-state index in [0.29, 0.717) is 0 Å². The molecule has 20 heavy (non-hydrogen) atoms. The minimum Gasteiger partial charge on any atom is -0.310 e. The van der Waals surface area contributed by atoms with Crippen LogP contribution in [-0.4, -0.2) is 16.3 Å². The molecular weight excluding hydrogens is 270 g/mol. The predicted octanol–water partition coefficient (Wildman–Crippen LogP) is 3.58. The molecule has 2 aromatic rings. The van der Waals surface area contributed by atoms with Gasteiger partial charge in [0.15, 0.2) is 0 Å². The lowest BCUT2D eigenvalue weighted by atomic mass is 9.97. The summed E-state index contributed by atoms with van der Waals surface area (Å²) in [6.45, 7) is 7.28. The molecule has 0 radical (unpaired) electrons. The van der Waals surface area contributed by atoms with Gasteiger partial charge in [-0.25, -0.2) is 0 Å². The lowest BCUT2D eigenvalue weighted by molar-refractivity contribution is 0.544. The third-order valence-corrected chi connectivity index (χ3v) is 3.97. The highest BCUT2D eigenvalue weighted by Crippen LogP contribution is 2.25. The zero-order chi connectivity index (χ0) is 14.7. The van der Waals surface area contributed by atoms with Gasteiger partial charge in [-0.15, -0.1) is 0 Å². The summed E-state index contributed by atoms with van der Waals surface area (Å²) in [5.74, 6) is 0. The first kappa shape index (κ1) is 15.1. The molecule has 0 aliphatic heterocycles. The number of rotatable bonds is 5. The van der Waals surface area contributed by atoms with Crippen LogP contribution in [0.2, 0.25) is 5.02 Å². The van der Waals surface area contributed by atoms with Crippen molar-refractivity contribution in [3.05, 3.63) is 51.8 Å². The molecular formula is C16H22ClN3. The van der Waals surface area contributed by atoms with Gasteiger partial charge in [-0.3, -0.25) is 4.68 Å². The Morgan fingerprint density at radius 1 is 1.25 bits per heavy atom. The molecule has 0 saturated carbocycles. The molecule has 0 aliphatic rings. The summed E-state index contributed by atoms with van der Waals surface area (Å²) >= 11 is 5.95.